The summed E-state index contributed by atoms with van der Waals surface area (Å²) in [7, 11) is 0. The third kappa shape index (κ3) is 5.00. The highest BCUT2D eigenvalue weighted by Gasteiger charge is 2.13. The molecule has 0 bridgehead atoms. The molecule has 2 N–H and O–H groups in total. The van der Waals surface area contributed by atoms with E-state index >= 15 is 0 Å². The van der Waals surface area contributed by atoms with Gasteiger partial charge in [-0.3, -0.25) is 9.59 Å². The Labute approximate surface area is 177 Å². The number of amides is 2. The van der Waals surface area contributed by atoms with Gasteiger partial charge in [0.2, 0.25) is 0 Å². The molecule has 1 heterocycles. The van der Waals surface area contributed by atoms with Crippen LogP contribution in [0, 0.1) is 20.8 Å². The van der Waals surface area contributed by atoms with Gasteiger partial charge in [0.15, 0.2) is 0 Å². The molecule has 0 aliphatic rings. The van der Waals surface area contributed by atoms with Gasteiger partial charge in [-0.25, -0.2) is 5.43 Å². The summed E-state index contributed by atoms with van der Waals surface area (Å²) in [6, 6.07) is 17.1. The third-order valence-corrected chi connectivity index (χ3v) is 4.92. The number of aryl methyl sites for hydroxylation is 2. The topological polar surface area (TPSA) is 75.5 Å². The minimum atomic E-state index is -0.831. The molecule has 2 amide bonds. The summed E-state index contributed by atoms with van der Waals surface area (Å²) < 4.78 is 3.09. The summed E-state index contributed by atoms with van der Waals surface area (Å²) >= 11 is 3.49. The van der Waals surface area contributed by atoms with Gasteiger partial charge in [0.05, 0.1) is 6.21 Å². The first-order valence-corrected chi connectivity index (χ1v) is 9.80. The van der Waals surface area contributed by atoms with Crippen LogP contribution in [0.15, 0.2) is 64.2 Å². The van der Waals surface area contributed by atoms with Gasteiger partial charge in [-0.1, -0.05) is 39.7 Å². The average molecular weight is 453 g/mol. The molecule has 1 aromatic heterocycles. The monoisotopic (exact) mass is 452 g/mol. The Bertz CT molecular complexity index is 1080. The predicted octanol–water partition coefficient (Wildman–Crippen LogP) is 4.25. The van der Waals surface area contributed by atoms with Crippen LogP contribution in [0.3, 0.4) is 0 Å². The Kier molecular flexibility index (Phi) is 6.29. The molecule has 2 aromatic carbocycles. The van der Waals surface area contributed by atoms with Crippen molar-refractivity contribution < 1.29 is 9.59 Å². The molecule has 0 aliphatic heterocycles. The SMILES string of the molecule is Cc1ccc(NC(=O)C(=O)NN=Cc2cc(C)n(-c3cccc(Br)c3)c2C)cc1. The molecule has 0 atom stereocenters. The van der Waals surface area contributed by atoms with Crippen molar-refractivity contribution in [1.82, 2.24) is 9.99 Å². The van der Waals surface area contributed by atoms with Gasteiger partial charge in [-0.05, 0) is 57.2 Å². The smallest absolute Gasteiger partial charge is 0.318 e. The third-order valence-electron chi connectivity index (χ3n) is 4.42. The lowest BCUT2D eigenvalue weighted by Gasteiger charge is -2.09. The van der Waals surface area contributed by atoms with Crippen LogP contribution in [0.4, 0.5) is 5.69 Å². The van der Waals surface area contributed by atoms with Gasteiger partial charge >= 0.3 is 11.8 Å². The Hall–Kier alpha value is -3.19. The number of carbonyl (C=O) groups excluding carboxylic acids is 2. The van der Waals surface area contributed by atoms with Crippen LogP contribution < -0.4 is 10.7 Å². The number of anilines is 1. The molecule has 3 aromatic rings. The van der Waals surface area contributed by atoms with E-state index in [1.54, 1.807) is 12.1 Å². The molecule has 0 saturated heterocycles. The number of halogens is 1. The standard InChI is InChI=1S/C22H21BrN4O2/c1-14-7-9-19(10-8-14)25-21(28)22(29)26-24-13-17-11-15(2)27(16(17)3)20-6-4-5-18(23)12-20/h4-13H,1-3H3,(H,25,28)(H,26,29). The average Bonchev–Trinajstić information content (AvgIpc) is 2.97. The molecule has 0 saturated carbocycles. The largest absolute Gasteiger partial charge is 0.329 e. The highest BCUT2D eigenvalue weighted by molar-refractivity contribution is 9.10. The highest BCUT2D eigenvalue weighted by Crippen LogP contribution is 2.22. The van der Waals surface area contributed by atoms with Gasteiger partial charge < -0.3 is 9.88 Å². The van der Waals surface area contributed by atoms with E-state index in [2.05, 4.69) is 36.3 Å². The summed E-state index contributed by atoms with van der Waals surface area (Å²) in [4.78, 5) is 23.9. The Morgan fingerprint density at radius 1 is 1.00 bits per heavy atom. The van der Waals surface area contributed by atoms with Crippen molar-refractivity contribution in [3.63, 3.8) is 0 Å². The Morgan fingerprint density at radius 2 is 1.72 bits per heavy atom. The first kappa shape index (κ1) is 20.5. The first-order chi connectivity index (χ1) is 13.8. The molecule has 3 rings (SSSR count). The number of benzene rings is 2. The van der Waals surface area contributed by atoms with Crippen molar-refractivity contribution >= 4 is 39.6 Å². The zero-order valence-corrected chi connectivity index (χ0v) is 17.9. The maximum Gasteiger partial charge on any atom is 0.329 e. The molecule has 7 heteroatoms. The molecule has 0 aliphatic carbocycles. The first-order valence-electron chi connectivity index (χ1n) is 9.01. The zero-order valence-electron chi connectivity index (χ0n) is 16.4. The van der Waals surface area contributed by atoms with Crippen molar-refractivity contribution in [2.24, 2.45) is 5.10 Å². The number of carbonyl (C=O) groups is 2. The molecule has 0 fully saturated rings. The Balaban J connectivity index is 1.67. The van der Waals surface area contributed by atoms with Crippen LogP contribution in [0.1, 0.15) is 22.5 Å². The van der Waals surface area contributed by atoms with Crippen LogP contribution >= 0.6 is 15.9 Å². The van der Waals surface area contributed by atoms with Gasteiger partial charge in [-0.15, -0.1) is 0 Å². The predicted molar refractivity (Wildman–Crippen MR) is 118 cm³/mol. The number of hydrogen-bond acceptors (Lipinski definition) is 3. The number of nitrogens with one attached hydrogen (secondary N) is 2. The lowest BCUT2D eigenvalue weighted by Crippen LogP contribution is -2.32. The molecule has 6 nitrogen and oxygen atoms in total. The summed E-state index contributed by atoms with van der Waals surface area (Å²) in [5.41, 5.74) is 7.77. The number of rotatable bonds is 4. The fourth-order valence-corrected chi connectivity index (χ4v) is 3.35. The fraction of sp³-hybridized carbons (Fsp3) is 0.136. The number of aromatic nitrogens is 1. The summed E-state index contributed by atoms with van der Waals surface area (Å²) in [5.74, 6) is -1.60. The highest BCUT2D eigenvalue weighted by atomic mass is 79.9. The summed E-state index contributed by atoms with van der Waals surface area (Å²) in [6.45, 7) is 5.92. The van der Waals surface area contributed by atoms with Crippen LogP contribution in [0.2, 0.25) is 0 Å². The minimum Gasteiger partial charge on any atom is -0.318 e. The second kappa shape index (κ2) is 8.87. The van der Waals surface area contributed by atoms with E-state index in [1.165, 1.54) is 6.21 Å². The van der Waals surface area contributed by atoms with E-state index in [0.717, 1.165) is 32.7 Å². The van der Waals surface area contributed by atoms with E-state index in [-0.39, 0.29) is 0 Å². The second-order valence-electron chi connectivity index (χ2n) is 6.66. The van der Waals surface area contributed by atoms with Gasteiger partial charge in [0.25, 0.3) is 0 Å². The number of nitrogens with zero attached hydrogens (tertiary/aromatic N) is 2. The molecule has 0 unspecified atom stereocenters. The van der Waals surface area contributed by atoms with Crippen molar-refractivity contribution in [1.29, 1.82) is 0 Å². The molecule has 148 valence electrons. The number of hydrazone groups is 1. The molecule has 29 heavy (non-hydrogen) atoms. The quantitative estimate of drug-likeness (QED) is 0.352. The normalized spacial score (nSPS) is 10.9. The van der Waals surface area contributed by atoms with E-state index in [0.29, 0.717) is 5.69 Å². The van der Waals surface area contributed by atoms with Crippen LogP contribution in [0.5, 0.6) is 0 Å². The lowest BCUT2D eigenvalue weighted by atomic mass is 10.2. The fourth-order valence-electron chi connectivity index (χ4n) is 2.97. The van der Waals surface area contributed by atoms with E-state index in [4.69, 9.17) is 0 Å². The van der Waals surface area contributed by atoms with Crippen LogP contribution in [0.25, 0.3) is 5.69 Å². The van der Waals surface area contributed by atoms with Gasteiger partial charge in [0.1, 0.15) is 0 Å². The molecular formula is C22H21BrN4O2. The van der Waals surface area contributed by atoms with E-state index in [1.807, 2.05) is 63.2 Å². The molecule has 0 radical (unpaired) electrons. The Morgan fingerprint density at radius 3 is 2.41 bits per heavy atom. The maximum atomic E-state index is 12.0. The summed E-state index contributed by atoms with van der Waals surface area (Å²) in [5, 5.41) is 6.47. The zero-order chi connectivity index (χ0) is 21.0. The minimum absolute atomic E-state index is 0.553. The van der Waals surface area contributed by atoms with Crippen LogP contribution in [-0.2, 0) is 9.59 Å². The van der Waals surface area contributed by atoms with Gasteiger partial charge in [-0.2, -0.15) is 5.10 Å². The lowest BCUT2D eigenvalue weighted by molar-refractivity contribution is -0.136. The maximum absolute atomic E-state index is 12.0. The second-order valence-corrected chi connectivity index (χ2v) is 7.58. The van der Waals surface area contributed by atoms with E-state index < -0.39 is 11.8 Å². The van der Waals surface area contributed by atoms with Crippen molar-refractivity contribution in [2.75, 3.05) is 5.32 Å². The van der Waals surface area contributed by atoms with Crippen molar-refractivity contribution in [3.8, 4) is 5.69 Å². The molecule has 0 spiro atoms. The van der Waals surface area contributed by atoms with Crippen molar-refractivity contribution in [3.05, 3.63) is 81.6 Å². The molecular weight excluding hydrogens is 432 g/mol. The van der Waals surface area contributed by atoms with Gasteiger partial charge in [0, 0.05) is 32.8 Å². The van der Waals surface area contributed by atoms with Crippen molar-refractivity contribution in [2.45, 2.75) is 20.8 Å². The number of hydrogen-bond donors (Lipinski definition) is 2. The van der Waals surface area contributed by atoms with E-state index in [9.17, 15) is 9.59 Å². The van der Waals surface area contributed by atoms with Crippen LogP contribution in [-0.4, -0.2) is 22.6 Å². The summed E-state index contributed by atoms with van der Waals surface area (Å²) in [6.07, 6.45) is 1.54.